The number of carboxylic acids is 1. The van der Waals surface area contributed by atoms with Crippen molar-refractivity contribution >= 4 is 17.9 Å². The Bertz CT molecular complexity index is 233. The van der Waals surface area contributed by atoms with Crippen molar-refractivity contribution in [2.24, 2.45) is 22.9 Å². The van der Waals surface area contributed by atoms with Crippen molar-refractivity contribution in [3.05, 3.63) is 0 Å². The van der Waals surface area contributed by atoms with E-state index in [-0.39, 0.29) is 10.7 Å². The fraction of sp³-hybridized carbons (Fsp3) is 0.875. The zero-order valence-corrected chi connectivity index (χ0v) is 7.80. The van der Waals surface area contributed by atoms with Crippen LogP contribution >= 0.6 is 11.9 Å². The minimum atomic E-state index is -0.662. The highest BCUT2D eigenvalue weighted by Crippen LogP contribution is 2.69. The quantitative estimate of drug-likeness (QED) is 0.635. The van der Waals surface area contributed by atoms with Gasteiger partial charge in [-0.2, -0.15) is 0 Å². The van der Waals surface area contributed by atoms with Crippen LogP contribution in [0.4, 0.5) is 0 Å². The molecule has 2 aliphatic carbocycles. The number of hydrogen-bond donors (Lipinski definition) is 2. The molecule has 0 aromatic rings. The highest BCUT2D eigenvalue weighted by molar-refractivity contribution is 7.98. The summed E-state index contributed by atoms with van der Waals surface area (Å²) >= 11 is 1.27. The van der Waals surface area contributed by atoms with Crippen molar-refractivity contribution in [3.8, 4) is 0 Å². The average Bonchev–Trinajstić information content (AvgIpc) is 2.60. The SMILES string of the molecule is CC1CCC2C(C(=O)O)C12SN. The molecule has 68 valence electrons. The molecule has 4 unspecified atom stereocenters. The first-order valence-corrected chi connectivity index (χ1v) is 5.13. The molecule has 2 aliphatic rings. The molecular formula is C8H13NO2S. The van der Waals surface area contributed by atoms with Crippen LogP contribution in [-0.4, -0.2) is 15.8 Å². The van der Waals surface area contributed by atoms with Crippen molar-refractivity contribution in [2.75, 3.05) is 0 Å². The van der Waals surface area contributed by atoms with E-state index in [1.165, 1.54) is 11.9 Å². The van der Waals surface area contributed by atoms with Crippen molar-refractivity contribution in [3.63, 3.8) is 0 Å². The van der Waals surface area contributed by atoms with Gasteiger partial charge in [-0.3, -0.25) is 9.93 Å². The molecule has 0 radical (unpaired) electrons. The second kappa shape index (κ2) is 2.39. The molecule has 3 N–H and O–H groups in total. The smallest absolute Gasteiger partial charge is 0.308 e. The molecule has 0 heterocycles. The molecule has 0 saturated heterocycles. The van der Waals surface area contributed by atoms with Crippen LogP contribution in [0.5, 0.6) is 0 Å². The van der Waals surface area contributed by atoms with Crippen LogP contribution < -0.4 is 5.14 Å². The maximum Gasteiger partial charge on any atom is 0.308 e. The number of hydrogen-bond acceptors (Lipinski definition) is 3. The van der Waals surface area contributed by atoms with E-state index in [0.717, 1.165) is 12.8 Å². The third kappa shape index (κ3) is 0.746. The first-order valence-electron chi connectivity index (χ1n) is 4.25. The Labute approximate surface area is 75.8 Å². The molecule has 0 bridgehead atoms. The molecule has 0 spiro atoms. The van der Waals surface area contributed by atoms with Crippen molar-refractivity contribution in [1.29, 1.82) is 0 Å². The molecule has 0 aromatic heterocycles. The minimum Gasteiger partial charge on any atom is -0.481 e. The van der Waals surface area contributed by atoms with Crippen molar-refractivity contribution in [2.45, 2.75) is 24.5 Å². The molecule has 3 nitrogen and oxygen atoms in total. The minimum absolute atomic E-state index is 0.105. The molecule has 2 rings (SSSR count). The van der Waals surface area contributed by atoms with Gasteiger partial charge in [0.1, 0.15) is 0 Å². The molecule has 2 fully saturated rings. The number of fused-ring (bicyclic) bond motifs is 1. The van der Waals surface area contributed by atoms with E-state index in [0.29, 0.717) is 11.8 Å². The summed E-state index contributed by atoms with van der Waals surface area (Å²) < 4.78 is -0.105. The van der Waals surface area contributed by atoms with Crippen LogP contribution in [0, 0.1) is 17.8 Å². The van der Waals surface area contributed by atoms with Gasteiger partial charge in [0.05, 0.1) is 10.7 Å². The fourth-order valence-corrected chi connectivity index (χ4v) is 3.94. The highest BCUT2D eigenvalue weighted by atomic mass is 32.2. The second-order valence-corrected chi connectivity index (χ2v) is 4.82. The zero-order chi connectivity index (χ0) is 8.93. The lowest BCUT2D eigenvalue weighted by Gasteiger charge is -2.17. The number of aliphatic carboxylic acids is 1. The van der Waals surface area contributed by atoms with Crippen LogP contribution in [0.25, 0.3) is 0 Å². The summed E-state index contributed by atoms with van der Waals surface area (Å²) in [6.45, 7) is 2.11. The van der Waals surface area contributed by atoms with Crippen molar-refractivity contribution < 1.29 is 9.90 Å². The predicted octanol–water partition coefficient (Wildman–Crippen LogP) is 1.09. The summed E-state index contributed by atoms with van der Waals surface area (Å²) in [6.07, 6.45) is 2.18. The molecule has 4 heteroatoms. The third-order valence-corrected chi connectivity index (χ3v) is 4.88. The summed E-state index contributed by atoms with van der Waals surface area (Å²) in [7, 11) is 0. The lowest BCUT2D eigenvalue weighted by atomic mass is 10.0. The molecular weight excluding hydrogens is 174 g/mol. The van der Waals surface area contributed by atoms with Gasteiger partial charge in [-0.1, -0.05) is 18.9 Å². The average molecular weight is 187 g/mol. The normalized spacial score (nSPS) is 50.3. The van der Waals surface area contributed by atoms with Crippen LogP contribution in [0.1, 0.15) is 19.8 Å². The summed E-state index contributed by atoms with van der Waals surface area (Å²) in [5.74, 6) is -0.0145. The van der Waals surface area contributed by atoms with Crippen LogP contribution in [-0.2, 0) is 4.79 Å². The Morgan fingerprint density at radius 3 is 2.67 bits per heavy atom. The largest absolute Gasteiger partial charge is 0.481 e. The summed E-state index contributed by atoms with van der Waals surface area (Å²) in [6, 6.07) is 0. The molecule has 12 heavy (non-hydrogen) atoms. The summed E-state index contributed by atoms with van der Waals surface area (Å²) in [4.78, 5) is 10.8. The zero-order valence-electron chi connectivity index (χ0n) is 6.99. The van der Waals surface area contributed by atoms with E-state index in [1.54, 1.807) is 0 Å². The van der Waals surface area contributed by atoms with E-state index in [4.69, 9.17) is 10.2 Å². The van der Waals surface area contributed by atoms with Gasteiger partial charge in [0.15, 0.2) is 0 Å². The van der Waals surface area contributed by atoms with Gasteiger partial charge in [0.2, 0.25) is 0 Å². The Morgan fingerprint density at radius 2 is 2.33 bits per heavy atom. The van der Waals surface area contributed by atoms with Crippen LogP contribution in [0.2, 0.25) is 0 Å². The van der Waals surface area contributed by atoms with Gasteiger partial charge in [-0.15, -0.1) is 0 Å². The fourth-order valence-electron chi connectivity index (χ4n) is 2.82. The van der Waals surface area contributed by atoms with E-state index in [2.05, 4.69) is 6.92 Å². The van der Waals surface area contributed by atoms with Gasteiger partial charge < -0.3 is 5.11 Å². The molecule has 0 aliphatic heterocycles. The van der Waals surface area contributed by atoms with Gasteiger partial charge in [-0.05, 0) is 24.7 Å². The number of rotatable bonds is 2. The Hall–Kier alpha value is -0.220. The highest BCUT2D eigenvalue weighted by Gasteiger charge is 2.73. The van der Waals surface area contributed by atoms with Crippen LogP contribution in [0.3, 0.4) is 0 Å². The van der Waals surface area contributed by atoms with E-state index in [1.807, 2.05) is 0 Å². The lowest BCUT2D eigenvalue weighted by Crippen LogP contribution is -2.22. The number of nitrogens with two attached hydrogens (primary N) is 1. The molecule has 0 amide bonds. The van der Waals surface area contributed by atoms with E-state index in [9.17, 15) is 4.79 Å². The summed E-state index contributed by atoms with van der Waals surface area (Å²) in [5.41, 5.74) is 0. The first-order chi connectivity index (χ1) is 5.64. The monoisotopic (exact) mass is 187 g/mol. The predicted molar refractivity (Wildman–Crippen MR) is 47.5 cm³/mol. The maximum atomic E-state index is 10.8. The number of carbonyl (C=O) groups is 1. The van der Waals surface area contributed by atoms with Gasteiger partial charge in [0.25, 0.3) is 0 Å². The second-order valence-electron chi connectivity index (χ2n) is 3.87. The van der Waals surface area contributed by atoms with Gasteiger partial charge >= 0.3 is 5.97 Å². The molecule has 0 aromatic carbocycles. The first kappa shape index (κ1) is 8.38. The van der Waals surface area contributed by atoms with E-state index < -0.39 is 5.97 Å². The standard InChI is InChI=1S/C8H13NO2S/c1-4-2-3-5-6(7(10)11)8(4,5)12-9/h4-6H,2-3,9H2,1H3,(H,10,11). The Balaban J connectivity index is 2.21. The Morgan fingerprint density at radius 1 is 1.67 bits per heavy atom. The van der Waals surface area contributed by atoms with Crippen molar-refractivity contribution in [1.82, 2.24) is 0 Å². The van der Waals surface area contributed by atoms with Gasteiger partial charge in [0, 0.05) is 0 Å². The number of carboxylic acid groups (broad SMARTS) is 1. The Kier molecular flexibility index (Phi) is 1.67. The van der Waals surface area contributed by atoms with E-state index >= 15 is 0 Å². The topological polar surface area (TPSA) is 63.3 Å². The van der Waals surface area contributed by atoms with Crippen LogP contribution in [0.15, 0.2) is 0 Å². The third-order valence-electron chi connectivity index (χ3n) is 3.51. The van der Waals surface area contributed by atoms with Gasteiger partial charge in [-0.25, -0.2) is 0 Å². The molecule has 4 atom stereocenters. The maximum absolute atomic E-state index is 10.8. The molecule has 2 saturated carbocycles. The summed E-state index contributed by atoms with van der Waals surface area (Å²) in [5, 5.41) is 14.5. The lowest BCUT2D eigenvalue weighted by molar-refractivity contribution is -0.139.